The first kappa shape index (κ1) is 22.4. The van der Waals surface area contributed by atoms with Crippen molar-refractivity contribution in [3.63, 3.8) is 0 Å². The van der Waals surface area contributed by atoms with E-state index >= 15 is 0 Å². The van der Waals surface area contributed by atoms with Crippen molar-refractivity contribution < 1.29 is 13.2 Å². The van der Waals surface area contributed by atoms with Crippen LogP contribution in [0, 0.1) is 0 Å². The summed E-state index contributed by atoms with van der Waals surface area (Å²) in [5, 5.41) is 0.473. The Balaban J connectivity index is 1.91. The zero-order valence-electron chi connectivity index (χ0n) is 18.0. The lowest BCUT2D eigenvalue weighted by Gasteiger charge is -2.43. The van der Waals surface area contributed by atoms with Gasteiger partial charge in [0.25, 0.3) is 10.0 Å². The molecule has 0 unspecified atom stereocenters. The number of para-hydroxylation sites is 2. The summed E-state index contributed by atoms with van der Waals surface area (Å²) in [6.45, 7) is 3.81. The van der Waals surface area contributed by atoms with E-state index in [0.717, 1.165) is 11.3 Å². The van der Waals surface area contributed by atoms with Crippen LogP contribution < -0.4 is 9.21 Å². The number of hydrogen-bond acceptors (Lipinski definition) is 3. The number of carbonyl (C=O) groups is 1. The second-order valence-corrected chi connectivity index (χ2v) is 10.1. The fourth-order valence-electron chi connectivity index (χ4n) is 4.34. The van der Waals surface area contributed by atoms with Gasteiger partial charge in [0.15, 0.2) is 0 Å². The van der Waals surface area contributed by atoms with Gasteiger partial charge in [0.05, 0.1) is 16.6 Å². The van der Waals surface area contributed by atoms with Crippen molar-refractivity contribution in [3.8, 4) is 0 Å². The highest BCUT2D eigenvalue weighted by atomic mass is 35.5. The molecule has 3 aromatic carbocycles. The topological polar surface area (TPSA) is 57.7 Å². The molecule has 1 aliphatic heterocycles. The maximum Gasteiger partial charge on any atom is 0.264 e. The van der Waals surface area contributed by atoms with Crippen molar-refractivity contribution in [2.75, 3.05) is 9.21 Å². The van der Waals surface area contributed by atoms with Gasteiger partial charge < -0.3 is 4.90 Å². The van der Waals surface area contributed by atoms with Crippen molar-refractivity contribution in [1.29, 1.82) is 0 Å². The first-order valence-corrected chi connectivity index (χ1v) is 12.4. The lowest BCUT2D eigenvalue weighted by atomic mass is 9.91. The normalized spacial score (nSPS) is 18.2. The van der Waals surface area contributed by atoms with E-state index in [1.165, 1.54) is 16.4 Å². The Morgan fingerprint density at radius 1 is 1.00 bits per heavy atom. The molecule has 3 aromatic rings. The number of halogens is 1. The number of rotatable bonds is 5. The standard InChI is InChI=1S/C25H25ClN2O3S/c1-3-25(29)27-18(2)17-24(22-11-7-8-12-23(22)27)28(20-9-5-4-6-10-20)32(30,31)21-15-13-19(26)14-16-21/h4-16,18,24H,3,17H2,1-2H3/t18-,24+/m1/s1. The molecule has 0 saturated carbocycles. The summed E-state index contributed by atoms with van der Waals surface area (Å²) in [5.41, 5.74) is 2.15. The third-order valence-corrected chi connectivity index (χ3v) is 7.90. The van der Waals surface area contributed by atoms with Crippen molar-refractivity contribution in [1.82, 2.24) is 0 Å². The van der Waals surface area contributed by atoms with E-state index in [4.69, 9.17) is 11.6 Å². The number of benzene rings is 3. The van der Waals surface area contributed by atoms with Crippen LogP contribution in [0.3, 0.4) is 0 Å². The molecule has 1 amide bonds. The van der Waals surface area contributed by atoms with E-state index in [0.29, 0.717) is 23.6 Å². The molecule has 0 radical (unpaired) electrons. The van der Waals surface area contributed by atoms with Crippen LogP contribution in [0.5, 0.6) is 0 Å². The van der Waals surface area contributed by atoms with Crippen molar-refractivity contribution in [2.45, 2.75) is 43.7 Å². The van der Waals surface area contributed by atoms with Crippen LogP contribution in [0.1, 0.15) is 38.3 Å². The van der Waals surface area contributed by atoms with Crippen molar-refractivity contribution >= 4 is 38.9 Å². The smallest absolute Gasteiger partial charge is 0.264 e. The number of fused-ring (bicyclic) bond motifs is 1. The lowest BCUT2D eigenvalue weighted by molar-refractivity contribution is -0.118. The molecule has 0 aromatic heterocycles. The van der Waals surface area contributed by atoms with E-state index in [1.807, 2.05) is 56.3 Å². The summed E-state index contributed by atoms with van der Waals surface area (Å²) in [5.74, 6) is 0.0234. The Hall–Kier alpha value is -2.83. The average molecular weight is 469 g/mol. The number of amides is 1. The maximum atomic E-state index is 13.9. The van der Waals surface area contributed by atoms with E-state index in [9.17, 15) is 13.2 Å². The average Bonchev–Trinajstić information content (AvgIpc) is 2.79. The molecule has 5 nitrogen and oxygen atoms in total. The summed E-state index contributed by atoms with van der Waals surface area (Å²) in [6.07, 6.45) is 0.860. The second-order valence-electron chi connectivity index (χ2n) is 7.87. The Morgan fingerprint density at radius 2 is 1.62 bits per heavy atom. The van der Waals surface area contributed by atoms with E-state index in [2.05, 4.69) is 0 Å². The maximum absolute atomic E-state index is 13.9. The molecule has 2 atom stereocenters. The van der Waals surface area contributed by atoms with Gasteiger partial charge in [-0.1, -0.05) is 54.9 Å². The van der Waals surface area contributed by atoms with Crippen molar-refractivity contribution in [3.05, 3.63) is 89.4 Å². The Labute approximate surface area is 194 Å². The van der Waals surface area contributed by atoms with Gasteiger partial charge in [-0.15, -0.1) is 0 Å². The van der Waals surface area contributed by atoms with Gasteiger partial charge in [-0.3, -0.25) is 9.10 Å². The molecular formula is C25H25ClN2O3S. The zero-order chi connectivity index (χ0) is 22.9. The predicted octanol–water partition coefficient (Wildman–Crippen LogP) is 5.81. The summed E-state index contributed by atoms with van der Waals surface area (Å²) >= 11 is 6.01. The van der Waals surface area contributed by atoms with Gasteiger partial charge in [0.2, 0.25) is 5.91 Å². The quantitative estimate of drug-likeness (QED) is 0.474. The van der Waals surface area contributed by atoms with Crippen molar-refractivity contribution in [2.24, 2.45) is 0 Å². The minimum Gasteiger partial charge on any atom is -0.309 e. The molecule has 1 heterocycles. The zero-order valence-corrected chi connectivity index (χ0v) is 19.6. The van der Waals surface area contributed by atoms with Gasteiger partial charge >= 0.3 is 0 Å². The molecular weight excluding hydrogens is 444 g/mol. The van der Waals surface area contributed by atoms with Gasteiger partial charge in [0.1, 0.15) is 0 Å². The van der Waals surface area contributed by atoms with Gasteiger partial charge in [0, 0.05) is 23.2 Å². The fourth-order valence-corrected chi connectivity index (χ4v) is 6.10. The molecule has 4 rings (SSSR count). The first-order chi connectivity index (χ1) is 15.3. The number of anilines is 2. The number of hydrogen-bond donors (Lipinski definition) is 0. The van der Waals surface area contributed by atoms with Gasteiger partial charge in [-0.25, -0.2) is 8.42 Å². The molecule has 0 fully saturated rings. The molecule has 166 valence electrons. The third kappa shape index (κ3) is 4.00. The van der Waals surface area contributed by atoms with E-state index in [-0.39, 0.29) is 16.8 Å². The Morgan fingerprint density at radius 3 is 2.28 bits per heavy atom. The minimum absolute atomic E-state index is 0.0234. The second kappa shape index (κ2) is 8.96. The largest absolute Gasteiger partial charge is 0.309 e. The molecule has 32 heavy (non-hydrogen) atoms. The monoisotopic (exact) mass is 468 g/mol. The van der Waals surface area contributed by atoms with E-state index in [1.54, 1.807) is 29.2 Å². The summed E-state index contributed by atoms with van der Waals surface area (Å²) in [4.78, 5) is 14.7. The minimum atomic E-state index is -3.91. The highest BCUT2D eigenvalue weighted by Gasteiger charge is 2.40. The Kier molecular flexibility index (Phi) is 6.26. The Bertz CT molecular complexity index is 1210. The first-order valence-electron chi connectivity index (χ1n) is 10.6. The number of nitrogens with zero attached hydrogens (tertiary/aromatic N) is 2. The van der Waals surface area contributed by atoms with Crippen LogP contribution >= 0.6 is 11.6 Å². The van der Waals surface area contributed by atoms with Crippen LogP contribution in [0.15, 0.2) is 83.8 Å². The molecule has 1 aliphatic rings. The van der Waals surface area contributed by atoms with Crippen LogP contribution in [0.4, 0.5) is 11.4 Å². The molecule has 7 heteroatoms. The highest BCUT2D eigenvalue weighted by Crippen LogP contribution is 2.44. The summed E-state index contributed by atoms with van der Waals surface area (Å²) < 4.78 is 29.4. The SMILES string of the molecule is CCC(=O)N1c2ccccc2[C@@H](N(c2ccccc2)S(=O)(=O)c2ccc(Cl)cc2)C[C@H]1C. The van der Waals surface area contributed by atoms with E-state index < -0.39 is 16.1 Å². The molecule has 0 bridgehead atoms. The summed E-state index contributed by atoms with van der Waals surface area (Å²) in [6, 6.07) is 22.3. The molecule has 0 aliphatic carbocycles. The molecule has 0 saturated heterocycles. The van der Waals surface area contributed by atoms with Crippen LogP contribution in [-0.2, 0) is 14.8 Å². The van der Waals surface area contributed by atoms with Crippen LogP contribution in [-0.4, -0.2) is 20.4 Å². The number of sulfonamides is 1. The number of carbonyl (C=O) groups excluding carboxylic acids is 1. The third-order valence-electron chi connectivity index (χ3n) is 5.80. The highest BCUT2D eigenvalue weighted by molar-refractivity contribution is 7.92. The van der Waals surface area contributed by atoms with Crippen LogP contribution in [0.25, 0.3) is 0 Å². The van der Waals surface area contributed by atoms with Crippen LogP contribution in [0.2, 0.25) is 5.02 Å². The molecule has 0 N–H and O–H groups in total. The van der Waals surface area contributed by atoms with Gasteiger partial charge in [-0.2, -0.15) is 0 Å². The lowest BCUT2D eigenvalue weighted by Crippen LogP contribution is -2.47. The fraction of sp³-hybridized carbons (Fsp3) is 0.240. The molecule has 0 spiro atoms. The van der Waals surface area contributed by atoms with Gasteiger partial charge in [-0.05, 0) is 61.4 Å². The predicted molar refractivity (Wildman–Crippen MR) is 129 cm³/mol. The summed E-state index contributed by atoms with van der Waals surface area (Å²) in [7, 11) is -3.91.